The van der Waals surface area contributed by atoms with Crippen molar-refractivity contribution in [2.75, 3.05) is 0 Å². The molecule has 0 unspecified atom stereocenters. The summed E-state index contributed by atoms with van der Waals surface area (Å²) in [6.07, 6.45) is 1.87. The zero-order valence-electron chi connectivity index (χ0n) is 15.2. The Labute approximate surface area is 176 Å². The van der Waals surface area contributed by atoms with Crippen molar-refractivity contribution in [3.8, 4) is 22.5 Å². The quantitative estimate of drug-likeness (QED) is 0.402. The minimum absolute atomic E-state index is 0.0708. The average molecular weight is 415 g/mol. The number of nitrogens with zero attached hydrogens (tertiary/aromatic N) is 2. The van der Waals surface area contributed by atoms with Gasteiger partial charge < -0.3 is 0 Å². The molecule has 0 amide bonds. The van der Waals surface area contributed by atoms with E-state index >= 15 is 0 Å². The van der Waals surface area contributed by atoms with Crippen LogP contribution in [-0.2, 0) is 0 Å². The van der Waals surface area contributed by atoms with Gasteiger partial charge in [-0.15, -0.1) is 0 Å². The Hall–Kier alpha value is -3.21. The number of rotatable bonds is 3. The largest absolute Gasteiger partial charge is 0.274 e. The summed E-state index contributed by atoms with van der Waals surface area (Å²) in [6.45, 7) is 0. The molecule has 0 bridgehead atoms. The van der Waals surface area contributed by atoms with Crippen molar-refractivity contribution in [3.05, 3.63) is 110 Å². The van der Waals surface area contributed by atoms with E-state index in [9.17, 15) is 4.79 Å². The first-order valence-electron chi connectivity index (χ1n) is 9.14. The normalized spacial score (nSPS) is 12.0. The Kier molecular flexibility index (Phi) is 4.51. The van der Waals surface area contributed by atoms with Crippen molar-refractivity contribution in [1.29, 1.82) is 0 Å². The number of halogens is 1. The maximum Gasteiger partial charge on any atom is 0.274 e. The molecular formula is C24H15ClN2OS. The third-order valence-electron chi connectivity index (χ3n) is 4.70. The molecule has 2 aromatic heterocycles. The first kappa shape index (κ1) is 17.9. The van der Waals surface area contributed by atoms with Crippen LogP contribution in [0.15, 0.2) is 89.7 Å². The molecule has 0 fully saturated rings. The van der Waals surface area contributed by atoms with Gasteiger partial charge >= 0.3 is 0 Å². The van der Waals surface area contributed by atoms with Crippen LogP contribution in [0.25, 0.3) is 33.6 Å². The topological polar surface area (TPSA) is 34.4 Å². The van der Waals surface area contributed by atoms with Gasteiger partial charge in [0.2, 0.25) is 0 Å². The summed E-state index contributed by atoms with van der Waals surface area (Å²) in [7, 11) is 0. The monoisotopic (exact) mass is 414 g/mol. The van der Waals surface area contributed by atoms with Gasteiger partial charge in [0.15, 0.2) is 4.96 Å². The maximum absolute atomic E-state index is 13.3. The van der Waals surface area contributed by atoms with E-state index in [2.05, 4.69) is 0 Å². The fourth-order valence-corrected chi connectivity index (χ4v) is 4.58. The van der Waals surface area contributed by atoms with Crippen LogP contribution in [0.5, 0.6) is 0 Å². The molecule has 0 aliphatic carbocycles. The lowest BCUT2D eigenvalue weighted by atomic mass is 10.1. The van der Waals surface area contributed by atoms with Crippen LogP contribution < -0.4 is 10.1 Å². The van der Waals surface area contributed by atoms with Crippen molar-refractivity contribution < 1.29 is 0 Å². The fourth-order valence-electron chi connectivity index (χ4n) is 3.41. The number of aromatic nitrogens is 2. The zero-order chi connectivity index (χ0) is 19.8. The van der Waals surface area contributed by atoms with Crippen molar-refractivity contribution in [2.24, 2.45) is 0 Å². The second-order valence-electron chi connectivity index (χ2n) is 6.63. The van der Waals surface area contributed by atoms with E-state index in [1.54, 1.807) is 4.40 Å². The molecule has 0 N–H and O–H groups in total. The van der Waals surface area contributed by atoms with Crippen molar-refractivity contribution in [3.63, 3.8) is 0 Å². The highest BCUT2D eigenvalue weighted by Crippen LogP contribution is 2.32. The number of hydrogen-bond donors (Lipinski definition) is 0. The summed E-state index contributed by atoms with van der Waals surface area (Å²) in [4.78, 5) is 18.8. The molecule has 0 aliphatic rings. The molecule has 0 saturated heterocycles. The SMILES string of the molecule is O=c1c(=Cc2cccc(Cl)c2)sc2nc(-c3ccccc3)c(-c3ccccc3)n12. The van der Waals surface area contributed by atoms with E-state index in [1.165, 1.54) is 11.3 Å². The Morgan fingerprint density at radius 2 is 1.55 bits per heavy atom. The average Bonchev–Trinajstić information content (AvgIpc) is 3.26. The molecule has 0 spiro atoms. The maximum atomic E-state index is 13.3. The number of benzene rings is 3. The van der Waals surface area contributed by atoms with Crippen LogP contribution in [-0.4, -0.2) is 9.38 Å². The molecule has 3 nitrogen and oxygen atoms in total. The van der Waals surface area contributed by atoms with Crippen molar-refractivity contribution >= 4 is 34.0 Å². The van der Waals surface area contributed by atoms with Crippen LogP contribution in [0.3, 0.4) is 0 Å². The molecule has 5 heteroatoms. The molecule has 2 heterocycles. The second kappa shape index (κ2) is 7.32. The molecule has 0 aliphatic heterocycles. The van der Waals surface area contributed by atoms with E-state index in [-0.39, 0.29) is 5.56 Å². The molecule has 3 aromatic carbocycles. The standard InChI is InChI=1S/C24H15ClN2OS/c25-19-13-7-8-16(14-19)15-20-23(28)27-22(18-11-5-2-6-12-18)21(26-24(27)29-20)17-9-3-1-4-10-17/h1-15H. The van der Waals surface area contributed by atoms with E-state index in [0.29, 0.717) is 14.5 Å². The first-order valence-corrected chi connectivity index (χ1v) is 10.3. The summed E-state index contributed by atoms with van der Waals surface area (Å²) in [5.41, 5.74) is 4.40. The van der Waals surface area contributed by atoms with Gasteiger partial charge in [-0.3, -0.25) is 4.79 Å². The molecular weight excluding hydrogens is 400 g/mol. The van der Waals surface area contributed by atoms with Gasteiger partial charge in [-0.1, -0.05) is 95.7 Å². The first-order chi connectivity index (χ1) is 14.2. The van der Waals surface area contributed by atoms with Gasteiger partial charge in [0.1, 0.15) is 0 Å². The summed E-state index contributed by atoms with van der Waals surface area (Å²) in [5.74, 6) is 0. The van der Waals surface area contributed by atoms with Gasteiger partial charge in [0, 0.05) is 16.1 Å². The van der Waals surface area contributed by atoms with Gasteiger partial charge in [-0.25, -0.2) is 9.38 Å². The Balaban J connectivity index is 1.81. The molecule has 140 valence electrons. The number of imidazole rings is 1. The zero-order valence-corrected chi connectivity index (χ0v) is 16.8. The third-order valence-corrected chi connectivity index (χ3v) is 5.91. The minimum Gasteiger partial charge on any atom is -0.267 e. The predicted octanol–water partition coefficient (Wildman–Crippen LogP) is 5.29. The lowest BCUT2D eigenvalue weighted by Crippen LogP contribution is -2.23. The highest BCUT2D eigenvalue weighted by Gasteiger charge is 2.19. The molecule has 0 radical (unpaired) electrons. The predicted molar refractivity (Wildman–Crippen MR) is 120 cm³/mol. The van der Waals surface area contributed by atoms with Crippen molar-refractivity contribution in [1.82, 2.24) is 9.38 Å². The highest BCUT2D eigenvalue weighted by molar-refractivity contribution is 7.15. The molecule has 29 heavy (non-hydrogen) atoms. The van der Waals surface area contributed by atoms with E-state index in [1.807, 2.05) is 91.0 Å². The molecule has 5 rings (SSSR count). The Bertz CT molecular complexity index is 1420. The fraction of sp³-hybridized carbons (Fsp3) is 0. The summed E-state index contributed by atoms with van der Waals surface area (Å²) >= 11 is 7.48. The number of hydrogen-bond acceptors (Lipinski definition) is 3. The van der Waals surface area contributed by atoms with Gasteiger partial charge in [0.25, 0.3) is 5.56 Å². The molecule has 5 aromatic rings. The van der Waals surface area contributed by atoms with Crippen molar-refractivity contribution in [2.45, 2.75) is 0 Å². The second-order valence-corrected chi connectivity index (χ2v) is 8.08. The summed E-state index contributed by atoms with van der Waals surface area (Å²) in [5, 5.41) is 0.642. The van der Waals surface area contributed by atoms with Gasteiger partial charge in [-0.2, -0.15) is 0 Å². The van der Waals surface area contributed by atoms with E-state index < -0.39 is 0 Å². The minimum atomic E-state index is -0.0708. The lowest BCUT2D eigenvalue weighted by molar-refractivity contribution is 1.15. The van der Waals surface area contributed by atoms with Crippen LogP contribution in [0, 0.1) is 0 Å². The number of fused-ring (bicyclic) bond motifs is 1. The van der Waals surface area contributed by atoms with Crippen LogP contribution in [0.2, 0.25) is 5.02 Å². The van der Waals surface area contributed by atoms with Gasteiger partial charge in [0.05, 0.1) is 15.9 Å². The molecule has 0 atom stereocenters. The van der Waals surface area contributed by atoms with E-state index in [0.717, 1.165) is 28.1 Å². The number of thiazole rings is 1. The summed E-state index contributed by atoms with van der Waals surface area (Å²) in [6, 6.07) is 27.4. The van der Waals surface area contributed by atoms with Crippen LogP contribution in [0.4, 0.5) is 0 Å². The lowest BCUT2D eigenvalue weighted by Gasteiger charge is -2.04. The Morgan fingerprint density at radius 3 is 2.24 bits per heavy atom. The molecule has 0 saturated carbocycles. The van der Waals surface area contributed by atoms with Crippen LogP contribution >= 0.6 is 22.9 Å². The van der Waals surface area contributed by atoms with Crippen LogP contribution in [0.1, 0.15) is 5.56 Å². The highest BCUT2D eigenvalue weighted by atomic mass is 35.5. The Morgan fingerprint density at radius 1 is 0.862 bits per heavy atom. The smallest absolute Gasteiger partial charge is 0.267 e. The van der Waals surface area contributed by atoms with Gasteiger partial charge in [-0.05, 0) is 23.8 Å². The summed E-state index contributed by atoms with van der Waals surface area (Å²) < 4.78 is 2.35. The third kappa shape index (κ3) is 3.27. The van der Waals surface area contributed by atoms with E-state index in [4.69, 9.17) is 16.6 Å².